The van der Waals surface area contributed by atoms with Crippen LogP contribution in [-0.4, -0.2) is 15.7 Å². The molecule has 1 N–H and O–H groups in total. The third-order valence-corrected chi connectivity index (χ3v) is 5.33. The minimum absolute atomic E-state index is 0.141. The zero-order chi connectivity index (χ0) is 21.8. The molecule has 4 aromatic rings. The van der Waals surface area contributed by atoms with Crippen molar-refractivity contribution in [2.24, 2.45) is 0 Å². The van der Waals surface area contributed by atoms with Crippen LogP contribution < -0.4 is 10.1 Å². The number of carbonyl (C=O) groups is 1. The molecular weight excluding hydrogens is 489 g/mol. The highest BCUT2D eigenvalue weighted by molar-refractivity contribution is 9.10. The van der Waals surface area contributed by atoms with E-state index in [-0.39, 0.29) is 12.4 Å². The molecule has 0 radical (unpaired) electrons. The first-order valence-electron chi connectivity index (χ1n) is 9.23. The van der Waals surface area contributed by atoms with E-state index in [1.165, 1.54) is 12.1 Å². The second-order valence-electron chi connectivity index (χ2n) is 6.57. The van der Waals surface area contributed by atoms with Gasteiger partial charge in [-0.05, 0) is 57.9 Å². The summed E-state index contributed by atoms with van der Waals surface area (Å²) >= 11 is 9.46. The average molecular weight is 505 g/mol. The van der Waals surface area contributed by atoms with E-state index < -0.39 is 11.7 Å². The lowest BCUT2D eigenvalue weighted by Crippen LogP contribution is -2.12. The number of benzene rings is 2. The number of amides is 1. The molecule has 0 saturated carbocycles. The van der Waals surface area contributed by atoms with Gasteiger partial charge in [0.1, 0.15) is 23.9 Å². The highest BCUT2D eigenvalue weighted by Crippen LogP contribution is 2.25. The Hall–Kier alpha value is -3.10. The van der Waals surface area contributed by atoms with Crippen molar-refractivity contribution in [1.29, 1.82) is 0 Å². The molecule has 4 rings (SSSR count). The number of para-hydroxylation sites is 1. The summed E-state index contributed by atoms with van der Waals surface area (Å²) in [6.07, 6.45) is 1.69. The first kappa shape index (κ1) is 21.1. The fourth-order valence-corrected chi connectivity index (χ4v) is 3.43. The maximum atomic E-state index is 13.2. The molecular formula is C22H16BrClFN3O3. The Bertz CT molecular complexity index is 1220. The summed E-state index contributed by atoms with van der Waals surface area (Å²) in [5, 5.41) is 7.28. The van der Waals surface area contributed by atoms with Crippen LogP contribution in [0.2, 0.25) is 5.02 Å². The average Bonchev–Trinajstić information content (AvgIpc) is 3.39. The predicted molar refractivity (Wildman–Crippen MR) is 118 cm³/mol. The maximum Gasteiger partial charge on any atom is 0.292 e. The molecule has 0 saturated heterocycles. The molecule has 0 atom stereocenters. The largest absolute Gasteiger partial charge is 0.484 e. The molecule has 0 fully saturated rings. The predicted octanol–water partition coefficient (Wildman–Crippen LogP) is 5.91. The lowest BCUT2D eigenvalue weighted by atomic mass is 10.2. The molecule has 2 aromatic carbocycles. The molecule has 1 amide bonds. The van der Waals surface area contributed by atoms with Crippen molar-refractivity contribution in [3.8, 4) is 5.75 Å². The quantitative estimate of drug-likeness (QED) is 0.340. The van der Waals surface area contributed by atoms with Gasteiger partial charge in [-0.15, -0.1) is 0 Å². The van der Waals surface area contributed by atoms with Crippen LogP contribution in [0, 0.1) is 5.82 Å². The summed E-state index contributed by atoms with van der Waals surface area (Å²) in [5.41, 5.74) is 0.713. The summed E-state index contributed by atoms with van der Waals surface area (Å²) in [4.78, 5) is 12.4. The number of nitrogens with one attached hydrogen (secondary N) is 1. The Labute approximate surface area is 190 Å². The fraction of sp³-hybridized carbons (Fsp3) is 0.0909. The standard InChI is InChI=1S/C22H16BrClFN3O3/c23-17-3-1-2-4-19(17)30-13-16-7-8-20(31-16)22(29)26-21-9-10-28(27-21)12-14-5-6-15(25)11-18(14)24/h1-11H,12-13H2,(H,26,27,29). The van der Waals surface area contributed by atoms with Crippen LogP contribution in [0.3, 0.4) is 0 Å². The van der Waals surface area contributed by atoms with Crippen LogP contribution in [0.5, 0.6) is 5.75 Å². The van der Waals surface area contributed by atoms with Crippen molar-refractivity contribution >= 4 is 39.3 Å². The molecule has 9 heteroatoms. The molecule has 0 aliphatic heterocycles. The van der Waals surface area contributed by atoms with Gasteiger partial charge in [-0.2, -0.15) is 5.10 Å². The van der Waals surface area contributed by atoms with Gasteiger partial charge in [-0.25, -0.2) is 4.39 Å². The van der Waals surface area contributed by atoms with Gasteiger partial charge in [0.2, 0.25) is 0 Å². The number of halogens is 3. The van der Waals surface area contributed by atoms with Gasteiger partial charge in [0, 0.05) is 17.3 Å². The summed E-state index contributed by atoms with van der Waals surface area (Å²) in [6, 6.07) is 16.5. The summed E-state index contributed by atoms with van der Waals surface area (Å²) in [7, 11) is 0. The highest BCUT2D eigenvalue weighted by Gasteiger charge is 2.14. The number of carbonyl (C=O) groups excluding carboxylic acids is 1. The monoisotopic (exact) mass is 503 g/mol. The van der Waals surface area contributed by atoms with E-state index in [1.807, 2.05) is 24.3 Å². The van der Waals surface area contributed by atoms with Gasteiger partial charge in [-0.1, -0.05) is 29.8 Å². The second-order valence-corrected chi connectivity index (χ2v) is 7.84. The maximum absolute atomic E-state index is 13.2. The topological polar surface area (TPSA) is 69.3 Å². The highest BCUT2D eigenvalue weighted by atomic mass is 79.9. The second kappa shape index (κ2) is 9.36. The number of furan rings is 1. The minimum atomic E-state index is -0.433. The molecule has 2 heterocycles. The van der Waals surface area contributed by atoms with Gasteiger partial charge in [0.05, 0.1) is 11.0 Å². The lowest BCUT2D eigenvalue weighted by Gasteiger charge is -2.06. The third-order valence-electron chi connectivity index (χ3n) is 4.32. The Morgan fingerprint density at radius 1 is 1.19 bits per heavy atom. The molecule has 31 heavy (non-hydrogen) atoms. The van der Waals surface area contributed by atoms with Crippen LogP contribution in [-0.2, 0) is 13.2 Å². The Kier molecular flexibility index (Phi) is 6.39. The Balaban J connectivity index is 1.35. The molecule has 0 bridgehead atoms. The molecule has 0 aliphatic rings. The number of hydrogen-bond acceptors (Lipinski definition) is 4. The first-order chi connectivity index (χ1) is 15.0. The van der Waals surface area contributed by atoms with Crippen LogP contribution in [0.15, 0.2) is 75.8 Å². The lowest BCUT2D eigenvalue weighted by molar-refractivity contribution is 0.0992. The van der Waals surface area contributed by atoms with E-state index in [9.17, 15) is 9.18 Å². The smallest absolute Gasteiger partial charge is 0.292 e. The minimum Gasteiger partial charge on any atom is -0.484 e. The normalized spacial score (nSPS) is 10.8. The van der Waals surface area contributed by atoms with Crippen LogP contribution in [0.25, 0.3) is 0 Å². The molecule has 6 nitrogen and oxygen atoms in total. The van der Waals surface area contributed by atoms with Gasteiger partial charge >= 0.3 is 0 Å². The van der Waals surface area contributed by atoms with E-state index in [4.69, 9.17) is 20.8 Å². The van der Waals surface area contributed by atoms with Crippen LogP contribution in [0.4, 0.5) is 10.2 Å². The number of nitrogens with zero attached hydrogens (tertiary/aromatic N) is 2. The van der Waals surface area contributed by atoms with Crippen molar-refractivity contribution in [2.75, 3.05) is 5.32 Å². The third kappa shape index (κ3) is 5.34. The SMILES string of the molecule is O=C(Nc1ccn(Cc2ccc(F)cc2Cl)n1)c1ccc(COc2ccccc2Br)o1. The molecule has 0 unspecified atom stereocenters. The van der Waals surface area contributed by atoms with Crippen LogP contribution in [0.1, 0.15) is 21.9 Å². The Morgan fingerprint density at radius 2 is 2.03 bits per heavy atom. The van der Waals surface area contributed by atoms with Crippen molar-refractivity contribution in [3.05, 3.63) is 99.3 Å². The number of ether oxygens (including phenoxy) is 1. The first-order valence-corrected chi connectivity index (χ1v) is 10.4. The van der Waals surface area contributed by atoms with Gasteiger partial charge in [0.15, 0.2) is 11.6 Å². The summed E-state index contributed by atoms with van der Waals surface area (Å²) < 4.78 is 26.9. The van der Waals surface area contributed by atoms with E-state index in [2.05, 4.69) is 26.3 Å². The number of rotatable bonds is 7. The molecule has 2 aromatic heterocycles. The fourth-order valence-electron chi connectivity index (χ4n) is 2.81. The number of anilines is 1. The number of aromatic nitrogens is 2. The van der Waals surface area contributed by atoms with Gasteiger partial charge in [0.25, 0.3) is 5.91 Å². The van der Waals surface area contributed by atoms with E-state index in [1.54, 1.807) is 35.1 Å². The van der Waals surface area contributed by atoms with Crippen molar-refractivity contribution < 1.29 is 18.3 Å². The molecule has 0 spiro atoms. The van der Waals surface area contributed by atoms with Crippen molar-refractivity contribution in [1.82, 2.24) is 9.78 Å². The zero-order valence-corrected chi connectivity index (χ0v) is 18.4. The van der Waals surface area contributed by atoms with E-state index in [0.29, 0.717) is 34.5 Å². The number of hydrogen-bond donors (Lipinski definition) is 1. The summed E-state index contributed by atoms with van der Waals surface area (Å²) in [5.74, 6) is 0.848. The zero-order valence-electron chi connectivity index (χ0n) is 16.0. The molecule has 0 aliphatic carbocycles. The summed E-state index contributed by atoms with van der Waals surface area (Å²) in [6.45, 7) is 0.523. The molecule has 158 valence electrons. The van der Waals surface area contributed by atoms with Crippen LogP contribution >= 0.6 is 27.5 Å². The van der Waals surface area contributed by atoms with Crippen molar-refractivity contribution in [3.63, 3.8) is 0 Å². The van der Waals surface area contributed by atoms with Crippen molar-refractivity contribution in [2.45, 2.75) is 13.2 Å². The van der Waals surface area contributed by atoms with E-state index >= 15 is 0 Å². The van der Waals surface area contributed by atoms with Gasteiger partial charge < -0.3 is 14.5 Å². The van der Waals surface area contributed by atoms with Gasteiger partial charge in [-0.3, -0.25) is 9.48 Å². The van der Waals surface area contributed by atoms with E-state index in [0.717, 1.165) is 4.47 Å². The Morgan fingerprint density at radius 3 is 2.84 bits per heavy atom.